The molecule has 0 radical (unpaired) electrons. The van der Waals surface area contributed by atoms with E-state index in [1.165, 1.54) is 5.56 Å². The number of carbonyl (C=O) groups is 1. The molecule has 2 atom stereocenters. The number of hydrogen-bond donors (Lipinski definition) is 2. The van der Waals surface area contributed by atoms with Crippen molar-refractivity contribution < 1.29 is 9.90 Å². The molecule has 0 amide bonds. The van der Waals surface area contributed by atoms with Crippen molar-refractivity contribution in [2.45, 2.75) is 32.7 Å². The molecule has 0 bridgehead atoms. The van der Waals surface area contributed by atoms with Gasteiger partial charge in [0.05, 0.1) is 11.6 Å². The van der Waals surface area contributed by atoms with E-state index < -0.39 is 5.97 Å². The number of nitrogens with one attached hydrogen (secondary N) is 1. The highest BCUT2D eigenvalue weighted by Gasteiger charge is 2.30. The second-order valence-electron chi connectivity index (χ2n) is 4.77. The second kappa shape index (κ2) is 4.49. The van der Waals surface area contributed by atoms with E-state index in [4.69, 9.17) is 5.11 Å². The molecule has 1 saturated heterocycles. The van der Waals surface area contributed by atoms with Crippen LogP contribution in [0.25, 0.3) is 0 Å². The Labute approximate surface area is 101 Å². The molecule has 0 aromatic carbocycles. The first-order valence-corrected chi connectivity index (χ1v) is 5.97. The molecule has 94 valence electrons. The van der Waals surface area contributed by atoms with Crippen LogP contribution in [-0.2, 0) is 11.8 Å². The van der Waals surface area contributed by atoms with E-state index in [2.05, 4.69) is 10.4 Å². The molecule has 2 N–H and O–H groups in total. The fourth-order valence-electron chi connectivity index (χ4n) is 2.66. The van der Waals surface area contributed by atoms with Crippen LogP contribution >= 0.6 is 0 Å². The molecule has 2 heterocycles. The van der Waals surface area contributed by atoms with E-state index in [1.54, 1.807) is 0 Å². The molecule has 2 rings (SSSR count). The number of carboxylic acid groups (broad SMARTS) is 1. The van der Waals surface area contributed by atoms with E-state index in [9.17, 15) is 4.79 Å². The first kappa shape index (κ1) is 12.1. The molecule has 0 spiro atoms. The van der Waals surface area contributed by atoms with Crippen LogP contribution in [0.2, 0.25) is 0 Å². The molecule has 1 aromatic rings. The third kappa shape index (κ3) is 2.20. The fraction of sp³-hybridized carbons (Fsp3) is 0.667. The van der Waals surface area contributed by atoms with Crippen LogP contribution in [0.15, 0.2) is 0 Å². The Morgan fingerprint density at radius 2 is 2.24 bits per heavy atom. The number of nitrogens with zero attached hydrogens (tertiary/aromatic N) is 2. The third-order valence-electron chi connectivity index (χ3n) is 3.67. The SMILES string of the molecule is Cc1nn(C)c(C)c1C1CC(C(=O)O)CCN1. The molecule has 0 saturated carbocycles. The van der Waals surface area contributed by atoms with Crippen molar-refractivity contribution in [2.75, 3.05) is 6.54 Å². The summed E-state index contributed by atoms with van der Waals surface area (Å²) in [6.07, 6.45) is 1.37. The van der Waals surface area contributed by atoms with E-state index in [1.807, 2.05) is 25.6 Å². The van der Waals surface area contributed by atoms with Crippen molar-refractivity contribution in [1.29, 1.82) is 0 Å². The van der Waals surface area contributed by atoms with Crippen molar-refractivity contribution in [3.8, 4) is 0 Å². The van der Waals surface area contributed by atoms with E-state index in [-0.39, 0.29) is 12.0 Å². The molecule has 0 aliphatic carbocycles. The van der Waals surface area contributed by atoms with Crippen molar-refractivity contribution in [3.05, 3.63) is 17.0 Å². The summed E-state index contributed by atoms with van der Waals surface area (Å²) >= 11 is 0. The van der Waals surface area contributed by atoms with Crippen molar-refractivity contribution in [3.63, 3.8) is 0 Å². The molecule has 1 aromatic heterocycles. The summed E-state index contributed by atoms with van der Waals surface area (Å²) in [6, 6.07) is 0.124. The van der Waals surface area contributed by atoms with E-state index in [0.717, 1.165) is 17.9 Å². The first-order chi connectivity index (χ1) is 8.00. The Balaban J connectivity index is 2.24. The van der Waals surface area contributed by atoms with Gasteiger partial charge in [-0.05, 0) is 33.2 Å². The minimum Gasteiger partial charge on any atom is -0.481 e. The van der Waals surface area contributed by atoms with Gasteiger partial charge in [-0.25, -0.2) is 0 Å². The lowest BCUT2D eigenvalue weighted by atomic mass is 9.88. The molecule has 17 heavy (non-hydrogen) atoms. The Morgan fingerprint density at radius 3 is 2.76 bits per heavy atom. The summed E-state index contributed by atoms with van der Waals surface area (Å²) < 4.78 is 1.86. The normalized spacial score (nSPS) is 24.9. The van der Waals surface area contributed by atoms with Crippen LogP contribution in [0.3, 0.4) is 0 Å². The summed E-state index contributed by atoms with van der Waals surface area (Å²) in [5, 5.41) is 16.9. The molecular weight excluding hydrogens is 218 g/mol. The summed E-state index contributed by atoms with van der Waals surface area (Å²) in [4.78, 5) is 11.1. The van der Waals surface area contributed by atoms with Gasteiger partial charge in [-0.1, -0.05) is 0 Å². The van der Waals surface area contributed by atoms with Crippen LogP contribution in [0.1, 0.15) is 35.8 Å². The minimum atomic E-state index is -0.685. The summed E-state index contributed by atoms with van der Waals surface area (Å²) in [6.45, 7) is 4.77. The fourth-order valence-corrected chi connectivity index (χ4v) is 2.66. The van der Waals surface area contributed by atoms with Gasteiger partial charge in [0.2, 0.25) is 0 Å². The van der Waals surface area contributed by atoms with Gasteiger partial charge in [-0.2, -0.15) is 5.10 Å². The monoisotopic (exact) mass is 237 g/mol. The smallest absolute Gasteiger partial charge is 0.306 e. The quantitative estimate of drug-likeness (QED) is 0.810. The van der Waals surface area contributed by atoms with Gasteiger partial charge in [-0.3, -0.25) is 9.48 Å². The zero-order valence-corrected chi connectivity index (χ0v) is 10.5. The highest BCUT2D eigenvalue weighted by molar-refractivity contribution is 5.70. The molecule has 1 aliphatic rings. The lowest BCUT2D eigenvalue weighted by Crippen LogP contribution is -2.35. The van der Waals surface area contributed by atoms with Gasteiger partial charge in [0.1, 0.15) is 0 Å². The molecule has 5 nitrogen and oxygen atoms in total. The highest BCUT2D eigenvalue weighted by Crippen LogP contribution is 2.30. The third-order valence-corrected chi connectivity index (χ3v) is 3.67. The predicted molar refractivity (Wildman–Crippen MR) is 63.8 cm³/mol. The van der Waals surface area contributed by atoms with Gasteiger partial charge in [0.25, 0.3) is 0 Å². The average Bonchev–Trinajstić information content (AvgIpc) is 2.53. The average molecular weight is 237 g/mol. The molecule has 2 unspecified atom stereocenters. The van der Waals surface area contributed by atoms with E-state index in [0.29, 0.717) is 12.8 Å². The van der Waals surface area contributed by atoms with Crippen molar-refractivity contribution in [1.82, 2.24) is 15.1 Å². The van der Waals surface area contributed by atoms with Gasteiger partial charge >= 0.3 is 5.97 Å². The number of carboxylic acids is 1. The maximum Gasteiger partial charge on any atom is 0.306 e. The number of hydrogen-bond acceptors (Lipinski definition) is 3. The van der Waals surface area contributed by atoms with Crippen LogP contribution in [0, 0.1) is 19.8 Å². The molecular formula is C12H19N3O2. The van der Waals surface area contributed by atoms with Crippen LogP contribution in [0.4, 0.5) is 0 Å². The number of aliphatic carboxylic acids is 1. The predicted octanol–water partition coefficient (Wildman–Crippen LogP) is 1.16. The van der Waals surface area contributed by atoms with Gasteiger partial charge in [0, 0.05) is 24.3 Å². The van der Waals surface area contributed by atoms with Crippen molar-refractivity contribution in [2.24, 2.45) is 13.0 Å². The summed E-state index contributed by atoms with van der Waals surface area (Å²) in [5.41, 5.74) is 3.28. The number of rotatable bonds is 2. The number of piperidine rings is 1. The maximum absolute atomic E-state index is 11.1. The van der Waals surface area contributed by atoms with Crippen LogP contribution in [0.5, 0.6) is 0 Å². The molecule has 1 aliphatic heterocycles. The number of aromatic nitrogens is 2. The molecule has 5 heteroatoms. The lowest BCUT2D eigenvalue weighted by Gasteiger charge is -2.28. The summed E-state index contributed by atoms with van der Waals surface area (Å²) in [7, 11) is 1.92. The van der Waals surface area contributed by atoms with Crippen LogP contribution in [-0.4, -0.2) is 27.4 Å². The van der Waals surface area contributed by atoms with Gasteiger partial charge in [0.15, 0.2) is 0 Å². The Hall–Kier alpha value is -1.36. The summed E-state index contributed by atoms with van der Waals surface area (Å²) in [5.74, 6) is -0.920. The number of aryl methyl sites for hydroxylation is 2. The Morgan fingerprint density at radius 1 is 1.53 bits per heavy atom. The second-order valence-corrected chi connectivity index (χ2v) is 4.77. The zero-order chi connectivity index (χ0) is 12.6. The standard InChI is InChI=1S/C12H19N3O2/c1-7-11(8(2)15(3)14-7)10-6-9(12(16)17)4-5-13-10/h9-10,13H,4-6H2,1-3H3,(H,16,17). The zero-order valence-electron chi connectivity index (χ0n) is 10.5. The minimum absolute atomic E-state index is 0.124. The largest absolute Gasteiger partial charge is 0.481 e. The highest BCUT2D eigenvalue weighted by atomic mass is 16.4. The van der Waals surface area contributed by atoms with Crippen molar-refractivity contribution >= 4 is 5.97 Å². The van der Waals surface area contributed by atoms with Gasteiger partial charge in [-0.15, -0.1) is 0 Å². The Bertz CT molecular complexity index is 439. The van der Waals surface area contributed by atoms with Gasteiger partial charge < -0.3 is 10.4 Å². The van der Waals surface area contributed by atoms with E-state index >= 15 is 0 Å². The van der Waals surface area contributed by atoms with Crippen LogP contribution < -0.4 is 5.32 Å². The maximum atomic E-state index is 11.1. The Kier molecular flexibility index (Phi) is 3.19. The lowest BCUT2D eigenvalue weighted by molar-refractivity contribution is -0.143. The topological polar surface area (TPSA) is 67.2 Å². The molecule has 1 fully saturated rings. The first-order valence-electron chi connectivity index (χ1n) is 5.97.